The minimum atomic E-state index is -4.47. The number of thiazole rings is 1. The smallest absolute Gasteiger partial charge is 0.416 e. The van der Waals surface area contributed by atoms with Crippen LogP contribution >= 0.6 is 11.3 Å². The molecule has 1 fully saturated rings. The van der Waals surface area contributed by atoms with Gasteiger partial charge in [-0.3, -0.25) is 9.69 Å². The van der Waals surface area contributed by atoms with E-state index in [2.05, 4.69) is 15.1 Å². The van der Waals surface area contributed by atoms with Crippen molar-refractivity contribution < 1.29 is 22.7 Å². The van der Waals surface area contributed by atoms with Gasteiger partial charge in [-0.1, -0.05) is 23.5 Å². The molecule has 1 amide bonds. The number of fused-ring (bicyclic) bond motifs is 1. The van der Waals surface area contributed by atoms with E-state index >= 15 is 0 Å². The lowest BCUT2D eigenvalue weighted by Gasteiger charge is -2.34. The summed E-state index contributed by atoms with van der Waals surface area (Å²) in [5.74, 6) is 0.298. The van der Waals surface area contributed by atoms with Gasteiger partial charge in [0.1, 0.15) is 11.3 Å². The number of aromatic nitrogens is 1. The number of nitrogens with one attached hydrogen (secondary N) is 1. The molecule has 0 spiro atoms. The molecule has 1 saturated heterocycles. The Hall–Kier alpha value is -2.85. The van der Waals surface area contributed by atoms with Gasteiger partial charge in [-0.25, -0.2) is 4.98 Å². The van der Waals surface area contributed by atoms with Crippen LogP contribution in [0.2, 0.25) is 0 Å². The second-order valence-electron chi connectivity index (χ2n) is 7.70. The monoisotopic (exact) mass is 478 g/mol. The number of para-hydroxylation sites is 1. The van der Waals surface area contributed by atoms with Gasteiger partial charge in [-0.05, 0) is 37.3 Å². The van der Waals surface area contributed by atoms with Gasteiger partial charge in [-0.15, -0.1) is 0 Å². The fraction of sp³-hybridized carbons (Fsp3) is 0.391. The number of amides is 1. The molecule has 1 aliphatic rings. The summed E-state index contributed by atoms with van der Waals surface area (Å²) in [5, 5.41) is 3.69. The Labute approximate surface area is 194 Å². The number of halogens is 3. The van der Waals surface area contributed by atoms with Crippen molar-refractivity contribution in [3.8, 4) is 5.75 Å². The van der Waals surface area contributed by atoms with Crippen LogP contribution < -0.4 is 15.0 Å². The van der Waals surface area contributed by atoms with Crippen LogP contribution in [0.15, 0.2) is 42.5 Å². The van der Waals surface area contributed by atoms with E-state index in [-0.39, 0.29) is 5.56 Å². The van der Waals surface area contributed by atoms with Gasteiger partial charge in [0.2, 0.25) is 0 Å². The molecule has 176 valence electrons. The van der Waals surface area contributed by atoms with Crippen LogP contribution in [-0.2, 0) is 6.18 Å². The number of alkyl halides is 3. The summed E-state index contributed by atoms with van der Waals surface area (Å²) in [6.45, 7) is 6.79. The molecule has 3 aromatic rings. The van der Waals surface area contributed by atoms with E-state index in [1.54, 1.807) is 11.3 Å². The number of hydrogen-bond acceptors (Lipinski definition) is 6. The Morgan fingerprint density at radius 2 is 1.91 bits per heavy atom. The first-order chi connectivity index (χ1) is 15.8. The van der Waals surface area contributed by atoms with Gasteiger partial charge in [0.15, 0.2) is 5.13 Å². The fourth-order valence-corrected chi connectivity index (χ4v) is 4.78. The highest BCUT2D eigenvalue weighted by molar-refractivity contribution is 7.22. The highest BCUT2D eigenvalue weighted by Gasteiger charge is 2.31. The third kappa shape index (κ3) is 5.56. The lowest BCUT2D eigenvalue weighted by atomic mass is 10.1. The summed E-state index contributed by atoms with van der Waals surface area (Å²) in [6, 6.07) is 10.4. The zero-order valence-electron chi connectivity index (χ0n) is 18.2. The zero-order chi connectivity index (χ0) is 23.4. The van der Waals surface area contributed by atoms with Crippen LogP contribution in [0, 0.1) is 0 Å². The van der Waals surface area contributed by atoms with Crippen LogP contribution in [0.3, 0.4) is 0 Å². The van der Waals surface area contributed by atoms with Gasteiger partial charge in [0.25, 0.3) is 5.91 Å². The average Bonchev–Trinajstić information content (AvgIpc) is 3.25. The molecule has 4 rings (SSSR count). The number of nitrogens with zero attached hydrogens (tertiary/aromatic N) is 3. The largest absolute Gasteiger partial charge is 0.492 e. The Balaban J connectivity index is 1.27. The Kier molecular flexibility index (Phi) is 7.04. The molecule has 2 aromatic carbocycles. The quantitative estimate of drug-likeness (QED) is 0.550. The second-order valence-corrected chi connectivity index (χ2v) is 8.70. The minimum Gasteiger partial charge on any atom is -0.492 e. The predicted octanol–water partition coefficient (Wildman–Crippen LogP) is 4.27. The number of benzene rings is 2. The van der Waals surface area contributed by atoms with E-state index in [0.29, 0.717) is 19.7 Å². The molecule has 0 atom stereocenters. The highest BCUT2D eigenvalue weighted by Crippen LogP contribution is 2.34. The van der Waals surface area contributed by atoms with E-state index in [4.69, 9.17) is 9.72 Å². The van der Waals surface area contributed by atoms with E-state index < -0.39 is 17.6 Å². The van der Waals surface area contributed by atoms with Crippen molar-refractivity contribution in [2.75, 3.05) is 50.8 Å². The molecule has 1 N–H and O–H groups in total. The normalized spacial score (nSPS) is 15.1. The molecule has 0 saturated carbocycles. The first-order valence-electron chi connectivity index (χ1n) is 10.8. The van der Waals surface area contributed by atoms with Gasteiger partial charge < -0.3 is 15.0 Å². The summed E-state index contributed by atoms with van der Waals surface area (Å²) in [7, 11) is 0. The number of piperazine rings is 1. The topological polar surface area (TPSA) is 57.7 Å². The Morgan fingerprint density at radius 1 is 1.15 bits per heavy atom. The standard InChI is InChI=1S/C23H25F3N4O2S/c1-2-32-18-7-4-8-19-20(18)28-22(33-19)30-13-11-29(12-14-30)10-9-27-21(31)16-5-3-6-17(15-16)23(24,25)26/h3-8,15H,2,9-14H2,1H3,(H,27,31). The summed E-state index contributed by atoms with van der Waals surface area (Å²) in [4.78, 5) is 21.5. The van der Waals surface area contributed by atoms with Crippen LogP contribution in [0.4, 0.5) is 18.3 Å². The maximum absolute atomic E-state index is 12.8. The van der Waals surface area contributed by atoms with E-state index in [1.165, 1.54) is 12.1 Å². The van der Waals surface area contributed by atoms with Gasteiger partial charge >= 0.3 is 6.18 Å². The molecule has 2 heterocycles. The molecule has 10 heteroatoms. The number of carbonyl (C=O) groups is 1. The fourth-order valence-electron chi connectivity index (χ4n) is 3.75. The zero-order valence-corrected chi connectivity index (χ0v) is 19.0. The number of hydrogen-bond donors (Lipinski definition) is 1. The van der Waals surface area contributed by atoms with E-state index in [0.717, 1.165) is 59.4 Å². The number of anilines is 1. The third-order valence-corrected chi connectivity index (χ3v) is 6.56. The molecular weight excluding hydrogens is 453 g/mol. The molecule has 6 nitrogen and oxygen atoms in total. The van der Waals surface area contributed by atoms with Crippen molar-refractivity contribution in [3.63, 3.8) is 0 Å². The van der Waals surface area contributed by atoms with Crippen molar-refractivity contribution in [3.05, 3.63) is 53.6 Å². The van der Waals surface area contributed by atoms with Gasteiger partial charge in [0, 0.05) is 44.8 Å². The summed E-state index contributed by atoms with van der Waals surface area (Å²) >= 11 is 1.65. The first kappa shape index (κ1) is 23.3. The van der Waals surface area contributed by atoms with Crippen LogP contribution in [0.25, 0.3) is 10.2 Å². The first-order valence-corrected chi connectivity index (χ1v) is 11.6. The van der Waals surface area contributed by atoms with Gasteiger partial charge in [0.05, 0.1) is 16.9 Å². The van der Waals surface area contributed by atoms with E-state index in [9.17, 15) is 18.0 Å². The maximum atomic E-state index is 12.8. The number of ether oxygens (including phenoxy) is 1. The van der Waals surface area contributed by atoms with Crippen molar-refractivity contribution in [1.82, 2.24) is 15.2 Å². The van der Waals surface area contributed by atoms with Gasteiger partial charge in [-0.2, -0.15) is 13.2 Å². The molecule has 33 heavy (non-hydrogen) atoms. The molecule has 0 radical (unpaired) electrons. The van der Waals surface area contributed by atoms with Crippen LogP contribution in [0.1, 0.15) is 22.8 Å². The predicted molar refractivity (Wildman–Crippen MR) is 123 cm³/mol. The summed E-state index contributed by atoms with van der Waals surface area (Å²) in [5.41, 5.74) is 0.0745. The van der Waals surface area contributed by atoms with Crippen molar-refractivity contribution in [2.45, 2.75) is 13.1 Å². The molecule has 0 bridgehead atoms. The lowest BCUT2D eigenvalue weighted by Crippen LogP contribution is -2.48. The Morgan fingerprint density at radius 3 is 2.64 bits per heavy atom. The minimum absolute atomic E-state index is 0.0110. The maximum Gasteiger partial charge on any atom is 0.416 e. The highest BCUT2D eigenvalue weighted by atomic mass is 32.1. The van der Waals surface area contributed by atoms with Crippen LogP contribution in [-0.4, -0.2) is 61.7 Å². The molecule has 0 unspecified atom stereocenters. The molecule has 1 aliphatic heterocycles. The molecule has 0 aliphatic carbocycles. The lowest BCUT2D eigenvalue weighted by molar-refractivity contribution is -0.137. The number of rotatable bonds is 7. The SMILES string of the molecule is CCOc1cccc2sc(N3CCN(CCNC(=O)c4cccc(C(F)(F)F)c4)CC3)nc12. The summed E-state index contributed by atoms with van der Waals surface area (Å²) in [6.07, 6.45) is -4.47. The van der Waals surface area contributed by atoms with Crippen molar-refractivity contribution >= 4 is 32.6 Å². The van der Waals surface area contributed by atoms with Crippen molar-refractivity contribution in [2.24, 2.45) is 0 Å². The van der Waals surface area contributed by atoms with E-state index in [1.807, 2.05) is 25.1 Å². The molecule has 1 aromatic heterocycles. The molecular formula is C23H25F3N4O2S. The summed E-state index contributed by atoms with van der Waals surface area (Å²) < 4.78 is 45.3. The van der Waals surface area contributed by atoms with Crippen LogP contribution in [0.5, 0.6) is 5.75 Å². The third-order valence-electron chi connectivity index (χ3n) is 5.48. The average molecular weight is 479 g/mol. The number of carbonyl (C=O) groups excluding carboxylic acids is 1. The second kappa shape index (κ2) is 9.96. The van der Waals surface area contributed by atoms with Crippen molar-refractivity contribution in [1.29, 1.82) is 0 Å². The Bertz CT molecular complexity index is 1110.